The average Bonchev–Trinajstić information content (AvgIpc) is 2.39. The molecule has 0 radical (unpaired) electrons. The van der Waals surface area contributed by atoms with Crippen molar-refractivity contribution in [3.63, 3.8) is 0 Å². The van der Waals surface area contributed by atoms with Gasteiger partial charge in [0.25, 0.3) is 0 Å². The van der Waals surface area contributed by atoms with Crippen LogP contribution in [0.3, 0.4) is 0 Å². The van der Waals surface area contributed by atoms with Crippen LogP contribution in [0.2, 0.25) is 0 Å². The molecule has 1 aromatic rings. The molecule has 0 bridgehead atoms. The van der Waals surface area contributed by atoms with E-state index < -0.39 is 11.9 Å². The molecule has 0 aliphatic heterocycles. The lowest BCUT2D eigenvalue weighted by Gasteiger charge is -2.14. The van der Waals surface area contributed by atoms with Gasteiger partial charge in [0.05, 0.1) is 24.0 Å². The number of carboxylic acids is 2. The second-order valence-electron chi connectivity index (χ2n) is 4.00. The van der Waals surface area contributed by atoms with Crippen molar-refractivity contribution in [2.24, 2.45) is 0 Å². The summed E-state index contributed by atoms with van der Waals surface area (Å²) >= 11 is 0. The van der Waals surface area contributed by atoms with Crippen molar-refractivity contribution in [3.8, 4) is 0 Å². The zero-order valence-corrected chi connectivity index (χ0v) is 10.8. The van der Waals surface area contributed by atoms with E-state index in [2.05, 4.69) is 6.58 Å². The molecule has 0 aliphatic carbocycles. The first kappa shape index (κ1) is 15.7. The van der Waals surface area contributed by atoms with Crippen LogP contribution < -0.4 is 0 Å². The summed E-state index contributed by atoms with van der Waals surface area (Å²) in [5.41, 5.74) is 0.410. The third kappa shape index (κ3) is 3.58. The fraction of sp³-hybridized carbons (Fsp3) is 0.286. The maximum atomic E-state index is 11.3. The molecule has 108 valence electrons. The minimum absolute atomic E-state index is 0.0756. The third-order valence-electron chi connectivity index (χ3n) is 2.82. The second kappa shape index (κ2) is 7.30. The zero-order valence-electron chi connectivity index (χ0n) is 10.8. The van der Waals surface area contributed by atoms with E-state index in [0.717, 1.165) is 0 Å². The highest BCUT2D eigenvalue weighted by Crippen LogP contribution is 2.21. The Kier molecular flexibility index (Phi) is 5.74. The van der Waals surface area contributed by atoms with E-state index in [1.165, 1.54) is 12.3 Å². The highest BCUT2D eigenvalue weighted by molar-refractivity contribution is 6.03. The summed E-state index contributed by atoms with van der Waals surface area (Å²) in [6, 6.07) is 2.81. The molecule has 20 heavy (non-hydrogen) atoms. The highest BCUT2D eigenvalue weighted by Gasteiger charge is 2.22. The molecule has 0 atom stereocenters. The standard InChI is InChI=1S/C14H16O6/c1-2-20-8-6-9-3-4-11(13(16)17)12(14(18)19)10(9)5-7-15/h2-4,15H,1,5-8H2,(H,16,17)(H,18,19). The van der Waals surface area contributed by atoms with E-state index in [9.17, 15) is 14.7 Å². The summed E-state index contributed by atoms with van der Waals surface area (Å²) in [6.07, 6.45) is 1.75. The lowest BCUT2D eigenvalue weighted by molar-refractivity contribution is 0.0650. The third-order valence-corrected chi connectivity index (χ3v) is 2.82. The van der Waals surface area contributed by atoms with Crippen molar-refractivity contribution in [2.75, 3.05) is 13.2 Å². The van der Waals surface area contributed by atoms with E-state index in [0.29, 0.717) is 24.2 Å². The molecule has 6 heteroatoms. The van der Waals surface area contributed by atoms with Gasteiger partial charge in [0.2, 0.25) is 0 Å². The summed E-state index contributed by atoms with van der Waals surface area (Å²) in [7, 11) is 0. The van der Waals surface area contributed by atoms with Gasteiger partial charge in [-0.2, -0.15) is 0 Å². The Balaban J connectivity index is 3.31. The summed E-state index contributed by atoms with van der Waals surface area (Å²) in [5.74, 6) is -2.63. The molecule has 0 amide bonds. The number of benzene rings is 1. The van der Waals surface area contributed by atoms with E-state index in [1.54, 1.807) is 6.07 Å². The minimum Gasteiger partial charge on any atom is -0.501 e. The van der Waals surface area contributed by atoms with Crippen molar-refractivity contribution in [2.45, 2.75) is 12.8 Å². The van der Waals surface area contributed by atoms with Gasteiger partial charge in [0.15, 0.2) is 0 Å². The predicted octanol–water partition coefficient (Wildman–Crippen LogP) is 1.32. The van der Waals surface area contributed by atoms with Crippen LogP contribution in [-0.4, -0.2) is 40.5 Å². The van der Waals surface area contributed by atoms with E-state index in [4.69, 9.17) is 14.9 Å². The van der Waals surface area contributed by atoms with Crippen LogP contribution in [0.5, 0.6) is 0 Å². The molecule has 6 nitrogen and oxygen atoms in total. The van der Waals surface area contributed by atoms with Crippen LogP contribution in [0.15, 0.2) is 25.0 Å². The molecule has 1 rings (SSSR count). The number of hydrogen-bond donors (Lipinski definition) is 3. The Bertz CT molecular complexity index is 521. The molecular formula is C14H16O6. The van der Waals surface area contributed by atoms with Crippen molar-refractivity contribution in [1.29, 1.82) is 0 Å². The number of carbonyl (C=O) groups is 2. The molecule has 0 aliphatic rings. The van der Waals surface area contributed by atoms with Crippen LogP contribution in [-0.2, 0) is 17.6 Å². The molecule has 0 saturated heterocycles. The van der Waals surface area contributed by atoms with Crippen LogP contribution in [0.1, 0.15) is 31.8 Å². The number of rotatable bonds is 8. The topological polar surface area (TPSA) is 104 Å². The molecular weight excluding hydrogens is 264 g/mol. The Labute approximate surface area is 115 Å². The predicted molar refractivity (Wildman–Crippen MR) is 71.0 cm³/mol. The Morgan fingerprint density at radius 2 is 1.90 bits per heavy atom. The summed E-state index contributed by atoms with van der Waals surface area (Å²) in [5, 5.41) is 27.3. The van der Waals surface area contributed by atoms with E-state index in [1.807, 2.05) is 0 Å². The Morgan fingerprint density at radius 1 is 1.20 bits per heavy atom. The molecule has 3 N–H and O–H groups in total. The largest absolute Gasteiger partial charge is 0.501 e. The molecule has 0 unspecified atom stereocenters. The summed E-state index contributed by atoms with van der Waals surface area (Å²) in [6.45, 7) is 3.43. The maximum absolute atomic E-state index is 11.3. The molecule has 1 aromatic carbocycles. The Hall–Kier alpha value is -2.34. The number of carboxylic acid groups (broad SMARTS) is 2. The van der Waals surface area contributed by atoms with Gasteiger partial charge in [-0.25, -0.2) is 9.59 Å². The smallest absolute Gasteiger partial charge is 0.336 e. The molecule has 0 spiro atoms. The fourth-order valence-electron chi connectivity index (χ4n) is 2.00. The average molecular weight is 280 g/mol. The first-order valence-corrected chi connectivity index (χ1v) is 5.97. The SMILES string of the molecule is C=COCCc1ccc(C(=O)O)c(C(=O)O)c1CCO. The monoisotopic (exact) mass is 280 g/mol. The maximum Gasteiger partial charge on any atom is 0.336 e. The van der Waals surface area contributed by atoms with Gasteiger partial charge >= 0.3 is 11.9 Å². The number of ether oxygens (including phenoxy) is 1. The zero-order chi connectivity index (χ0) is 15.1. The molecule has 0 aromatic heterocycles. The summed E-state index contributed by atoms with van der Waals surface area (Å²) < 4.78 is 4.99. The van der Waals surface area contributed by atoms with Gasteiger partial charge in [0, 0.05) is 13.0 Å². The van der Waals surface area contributed by atoms with Gasteiger partial charge in [-0.1, -0.05) is 12.6 Å². The Morgan fingerprint density at radius 3 is 2.40 bits per heavy atom. The number of hydrogen-bond acceptors (Lipinski definition) is 4. The normalized spacial score (nSPS) is 10.1. The van der Waals surface area contributed by atoms with Gasteiger partial charge in [-0.15, -0.1) is 0 Å². The van der Waals surface area contributed by atoms with Crippen LogP contribution >= 0.6 is 0 Å². The van der Waals surface area contributed by atoms with E-state index >= 15 is 0 Å². The van der Waals surface area contributed by atoms with Gasteiger partial charge in [0.1, 0.15) is 0 Å². The van der Waals surface area contributed by atoms with Crippen molar-refractivity contribution >= 4 is 11.9 Å². The molecule has 0 fully saturated rings. The number of aliphatic hydroxyl groups excluding tert-OH is 1. The number of aliphatic hydroxyl groups is 1. The first-order chi connectivity index (χ1) is 9.52. The van der Waals surface area contributed by atoms with Crippen molar-refractivity contribution < 1.29 is 29.6 Å². The van der Waals surface area contributed by atoms with Crippen LogP contribution in [0.25, 0.3) is 0 Å². The minimum atomic E-state index is -1.32. The lowest BCUT2D eigenvalue weighted by atomic mass is 9.92. The molecule has 0 heterocycles. The second-order valence-corrected chi connectivity index (χ2v) is 4.00. The quantitative estimate of drug-likeness (QED) is 0.490. The van der Waals surface area contributed by atoms with Gasteiger partial charge < -0.3 is 20.1 Å². The first-order valence-electron chi connectivity index (χ1n) is 5.97. The van der Waals surface area contributed by atoms with Gasteiger partial charge in [-0.3, -0.25) is 0 Å². The molecule has 0 saturated carbocycles. The van der Waals surface area contributed by atoms with Crippen LogP contribution in [0, 0.1) is 0 Å². The van der Waals surface area contributed by atoms with Gasteiger partial charge in [-0.05, 0) is 23.6 Å². The van der Waals surface area contributed by atoms with Crippen LogP contribution in [0.4, 0.5) is 0 Å². The highest BCUT2D eigenvalue weighted by atomic mass is 16.5. The van der Waals surface area contributed by atoms with Crippen molar-refractivity contribution in [3.05, 3.63) is 47.2 Å². The lowest BCUT2D eigenvalue weighted by Crippen LogP contribution is -2.15. The van der Waals surface area contributed by atoms with E-state index in [-0.39, 0.29) is 24.2 Å². The fourth-order valence-corrected chi connectivity index (χ4v) is 2.00. The van der Waals surface area contributed by atoms with Crippen molar-refractivity contribution in [1.82, 2.24) is 0 Å². The number of aromatic carboxylic acids is 2. The summed E-state index contributed by atoms with van der Waals surface area (Å²) in [4.78, 5) is 22.4.